The third kappa shape index (κ3) is 4.87. The van der Waals surface area contributed by atoms with Gasteiger partial charge in [-0.3, -0.25) is 14.5 Å². The summed E-state index contributed by atoms with van der Waals surface area (Å²) < 4.78 is 40.2. The smallest absolute Gasteiger partial charge is 0.336 e. The van der Waals surface area contributed by atoms with Crippen molar-refractivity contribution >= 4 is 22.7 Å². The Morgan fingerprint density at radius 2 is 1.44 bits per heavy atom. The third-order valence-corrected chi connectivity index (χ3v) is 7.54. The lowest BCUT2D eigenvalue weighted by Crippen LogP contribution is -2.64. The molecule has 200 valence electrons. The van der Waals surface area contributed by atoms with Gasteiger partial charge in [0, 0.05) is 61.8 Å². The van der Waals surface area contributed by atoms with Crippen molar-refractivity contribution < 1.29 is 22.8 Å². The minimum atomic E-state index is -4.40. The summed E-state index contributed by atoms with van der Waals surface area (Å²) >= 11 is 0. The van der Waals surface area contributed by atoms with E-state index in [9.17, 15) is 22.8 Å². The lowest BCUT2D eigenvalue weighted by molar-refractivity contribution is -0.137. The first-order valence-corrected chi connectivity index (χ1v) is 12.8. The molecule has 4 aromatic rings. The molecule has 7 nitrogen and oxygen atoms in total. The summed E-state index contributed by atoms with van der Waals surface area (Å²) in [6, 6.07) is 19.7. The molecular weight excluding hydrogens is 507 g/mol. The van der Waals surface area contributed by atoms with Crippen LogP contribution in [0.15, 0.2) is 79.0 Å². The largest absolute Gasteiger partial charge is 0.416 e. The van der Waals surface area contributed by atoms with E-state index in [0.717, 1.165) is 30.6 Å². The quantitative estimate of drug-likeness (QED) is 0.392. The van der Waals surface area contributed by atoms with Gasteiger partial charge < -0.3 is 9.80 Å². The van der Waals surface area contributed by atoms with Crippen LogP contribution in [0.5, 0.6) is 0 Å². The van der Waals surface area contributed by atoms with Crippen molar-refractivity contribution in [2.75, 3.05) is 39.3 Å². The molecule has 3 aromatic carbocycles. The van der Waals surface area contributed by atoms with Gasteiger partial charge in [0.25, 0.3) is 11.8 Å². The maximum Gasteiger partial charge on any atom is 0.416 e. The lowest BCUT2D eigenvalue weighted by Gasteiger charge is -2.48. The van der Waals surface area contributed by atoms with Crippen molar-refractivity contribution in [3.8, 4) is 5.69 Å². The number of carbonyl (C=O) groups is 2. The number of fused-ring (bicyclic) bond motifs is 1. The predicted octanol–water partition coefficient (Wildman–Crippen LogP) is 4.33. The minimum absolute atomic E-state index is 0.0534. The molecule has 2 fully saturated rings. The fourth-order valence-electron chi connectivity index (χ4n) is 5.25. The maximum absolute atomic E-state index is 13.1. The Bertz CT molecular complexity index is 1500. The molecule has 0 radical (unpaired) electrons. The SMILES string of the molecule is O=C(c1ccccc1)N1CCN(C2CN(C(=O)c3ccc4c(cnn4-c4ccc(C(F)(F)F)cc4)c3)C2)CC1. The fourth-order valence-corrected chi connectivity index (χ4v) is 5.25. The Morgan fingerprint density at radius 3 is 2.10 bits per heavy atom. The molecule has 39 heavy (non-hydrogen) atoms. The van der Waals surface area contributed by atoms with Crippen molar-refractivity contribution in [2.24, 2.45) is 0 Å². The van der Waals surface area contributed by atoms with Crippen LogP contribution in [-0.4, -0.2) is 81.6 Å². The monoisotopic (exact) mass is 533 g/mol. The van der Waals surface area contributed by atoms with Gasteiger partial charge in [0.2, 0.25) is 0 Å². The summed E-state index contributed by atoms with van der Waals surface area (Å²) in [6.45, 7) is 4.15. The second-order valence-electron chi connectivity index (χ2n) is 9.93. The number of nitrogens with zero attached hydrogens (tertiary/aromatic N) is 5. The average molecular weight is 534 g/mol. The van der Waals surface area contributed by atoms with E-state index >= 15 is 0 Å². The van der Waals surface area contributed by atoms with Gasteiger partial charge in [-0.25, -0.2) is 4.68 Å². The molecule has 3 heterocycles. The number of alkyl halides is 3. The van der Waals surface area contributed by atoms with Crippen LogP contribution in [-0.2, 0) is 6.18 Å². The van der Waals surface area contributed by atoms with E-state index in [1.807, 2.05) is 40.1 Å². The van der Waals surface area contributed by atoms with Crippen molar-refractivity contribution in [2.45, 2.75) is 12.2 Å². The van der Waals surface area contributed by atoms with E-state index in [4.69, 9.17) is 0 Å². The second kappa shape index (κ2) is 9.85. The zero-order valence-electron chi connectivity index (χ0n) is 21.0. The van der Waals surface area contributed by atoms with Crippen LogP contribution >= 0.6 is 0 Å². The van der Waals surface area contributed by atoms with Crippen LogP contribution in [0.25, 0.3) is 16.6 Å². The molecule has 2 aliphatic heterocycles. The maximum atomic E-state index is 13.1. The second-order valence-corrected chi connectivity index (χ2v) is 9.93. The molecule has 0 spiro atoms. The number of benzene rings is 3. The van der Waals surface area contributed by atoms with Crippen LogP contribution in [0.2, 0.25) is 0 Å². The fraction of sp³-hybridized carbons (Fsp3) is 0.276. The standard InChI is InChI=1S/C29H26F3N5O2/c30-29(31,32)23-7-9-24(10-8-23)37-26-11-6-21(16-22(26)17-33-37)28(39)36-18-25(19-36)34-12-14-35(15-13-34)27(38)20-4-2-1-3-5-20/h1-11,16-17,25H,12-15,18-19H2. The number of rotatable bonds is 4. The third-order valence-electron chi connectivity index (χ3n) is 7.54. The Hall–Kier alpha value is -4.18. The van der Waals surface area contributed by atoms with Crippen molar-refractivity contribution in [3.63, 3.8) is 0 Å². The minimum Gasteiger partial charge on any atom is -0.336 e. The average Bonchev–Trinajstić information content (AvgIpc) is 3.35. The number of aromatic nitrogens is 2. The molecule has 0 atom stereocenters. The number of carbonyl (C=O) groups excluding carboxylic acids is 2. The predicted molar refractivity (Wildman–Crippen MR) is 140 cm³/mol. The van der Waals surface area contributed by atoms with Crippen LogP contribution in [0.1, 0.15) is 26.3 Å². The highest BCUT2D eigenvalue weighted by Crippen LogP contribution is 2.30. The summed E-state index contributed by atoms with van der Waals surface area (Å²) in [5.74, 6) is -0.00831. The summed E-state index contributed by atoms with van der Waals surface area (Å²) in [5, 5.41) is 5.06. The van der Waals surface area contributed by atoms with Gasteiger partial charge in [-0.15, -0.1) is 0 Å². The Morgan fingerprint density at radius 1 is 0.769 bits per heavy atom. The first-order valence-electron chi connectivity index (χ1n) is 12.8. The van der Waals surface area contributed by atoms with Gasteiger partial charge in [0.1, 0.15) is 0 Å². The molecule has 0 bridgehead atoms. The van der Waals surface area contributed by atoms with E-state index in [1.165, 1.54) is 12.1 Å². The number of halogens is 3. The van der Waals surface area contributed by atoms with Crippen molar-refractivity contribution in [3.05, 3.63) is 95.7 Å². The van der Waals surface area contributed by atoms with E-state index in [0.29, 0.717) is 48.5 Å². The van der Waals surface area contributed by atoms with E-state index in [1.54, 1.807) is 29.1 Å². The number of hydrogen-bond acceptors (Lipinski definition) is 4. The molecule has 2 amide bonds. The van der Waals surface area contributed by atoms with Gasteiger partial charge in [-0.2, -0.15) is 18.3 Å². The molecule has 1 aromatic heterocycles. The van der Waals surface area contributed by atoms with Gasteiger partial charge in [-0.1, -0.05) is 18.2 Å². The summed E-state index contributed by atoms with van der Waals surface area (Å²) in [4.78, 5) is 31.9. The number of amides is 2. The van der Waals surface area contributed by atoms with Gasteiger partial charge >= 0.3 is 6.18 Å². The number of hydrogen-bond donors (Lipinski definition) is 0. The van der Waals surface area contributed by atoms with E-state index in [-0.39, 0.29) is 17.9 Å². The summed E-state index contributed by atoms with van der Waals surface area (Å²) in [7, 11) is 0. The first kappa shape index (κ1) is 25.1. The van der Waals surface area contributed by atoms with Gasteiger partial charge in [0.15, 0.2) is 0 Å². The number of likely N-dealkylation sites (tertiary alicyclic amines) is 1. The van der Waals surface area contributed by atoms with Crippen LogP contribution in [0.3, 0.4) is 0 Å². The van der Waals surface area contributed by atoms with E-state index in [2.05, 4.69) is 10.00 Å². The highest BCUT2D eigenvalue weighted by atomic mass is 19.4. The summed E-state index contributed by atoms with van der Waals surface area (Å²) in [5.41, 5.74) is 1.74. The van der Waals surface area contributed by atoms with E-state index < -0.39 is 11.7 Å². The summed E-state index contributed by atoms with van der Waals surface area (Å²) in [6.07, 6.45) is -2.79. The number of piperazine rings is 1. The van der Waals surface area contributed by atoms with Crippen molar-refractivity contribution in [1.82, 2.24) is 24.5 Å². The Kier molecular flexibility index (Phi) is 6.34. The zero-order valence-corrected chi connectivity index (χ0v) is 21.0. The van der Waals surface area contributed by atoms with Crippen molar-refractivity contribution in [1.29, 1.82) is 0 Å². The van der Waals surface area contributed by atoms with Crippen LogP contribution in [0, 0.1) is 0 Å². The lowest BCUT2D eigenvalue weighted by atomic mass is 10.0. The molecule has 0 unspecified atom stereocenters. The Labute approximate surface area is 223 Å². The molecule has 0 N–H and O–H groups in total. The molecule has 6 rings (SSSR count). The first-order chi connectivity index (χ1) is 18.8. The topological polar surface area (TPSA) is 61.7 Å². The normalized spacial score (nSPS) is 16.9. The Balaban J connectivity index is 1.06. The molecule has 0 aliphatic carbocycles. The molecule has 10 heteroatoms. The van der Waals surface area contributed by atoms with Crippen LogP contribution < -0.4 is 0 Å². The highest BCUT2D eigenvalue weighted by molar-refractivity contribution is 5.98. The molecule has 2 aliphatic rings. The molecule has 2 saturated heterocycles. The van der Waals surface area contributed by atoms with Gasteiger partial charge in [0.05, 0.1) is 23.0 Å². The van der Waals surface area contributed by atoms with Crippen LogP contribution in [0.4, 0.5) is 13.2 Å². The highest BCUT2D eigenvalue weighted by Gasteiger charge is 2.37. The molecule has 0 saturated carbocycles. The van der Waals surface area contributed by atoms with Gasteiger partial charge in [-0.05, 0) is 54.6 Å². The molecular formula is C29H26F3N5O2. The zero-order chi connectivity index (χ0) is 27.1.